The van der Waals surface area contributed by atoms with Gasteiger partial charge in [-0.15, -0.1) is 0 Å². The number of phenols is 1. The van der Waals surface area contributed by atoms with Crippen molar-refractivity contribution in [3.63, 3.8) is 0 Å². The Morgan fingerprint density at radius 1 is 1.43 bits per heavy atom. The first-order valence-electron chi connectivity index (χ1n) is 5.02. The SMILES string of the molecule is NCC1(c2ccccc2O)CCCN1. The van der Waals surface area contributed by atoms with E-state index in [1.165, 1.54) is 0 Å². The number of para-hydroxylation sites is 1. The maximum Gasteiger partial charge on any atom is 0.120 e. The highest BCUT2D eigenvalue weighted by molar-refractivity contribution is 5.39. The lowest BCUT2D eigenvalue weighted by Crippen LogP contribution is -2.43. The van der Waals surface area contributed by atoms with Gasteiger partial charge in [-0.25, -0.2) is 0 Å². The van der Waals surface area contributed by atoms with Gasteiger partial charge in [-0.05, 0) is 25.5 Å². The average Bonchev–Trinajstić information content (AvgIpc) is 2.68. The fourth-order valence-corrected chi connectivity index (χ4v) is 2.20. The third-order valence-electron chi connectivity index (χ3n) is 3.01. The standard InChI is InChI=1S/C11H16N2O/c12-8-11(6-3-7-13-11)9-4-1-2-5-10(9)14/h1-2,4-5,13-14H,3,6-8,12H2. The lowest BCUT2D eigenvalue weighted by molar-refractivity contribution is 0.373. The van der Waals surface area contributed by atoms with E-state index >= 15 is 0 Å². The molecule has 1 heterocycles. The number of nitrogens with two attached hydrogens (primary N) is 1. The maximum atomic E-state index is 9.77. The first-order valence-corrected chi connectivity index (χ1v) is 5.02. The molecular formula is C11H16N2O. The molecule has 1 unspecified atom stereocenters. The monoisotopic (exact) mass is 192 g/mol. The zero-order valence-corrected chi connectivity index (χ0v) is 8.16. The van der Waals surface area contributed by atoms with Crippen LogP contribution in [0.2, 0.25) is 0 Å². The first kappa shape index (κ1) is 9.49. The van der Waals surface area contributed by atoms with E-state index in [-0.39, 0.29) is 5.54 Å². The van der Waals surface area contributed by atoms with Gasteiger partial charge in [0.2, 0.25) is 0 Å². The Labute approximate surface area is 83.9 Å². The fraction of sp³-hybridized carbons (Fsp3) is 0.455. The summed E-state index contributed by atoms with van der Waals surface area (Å²) in [6.07, 6.45) is 2.12. The van der Waals surface area contributed by atoms with E-state index < -0.39 is 0 Å². The number of nitrogens with one attached hydrogen (secondary N) is 1. The van der Waals surface area contributed by atoms with E-state index in [9.17, 15) is 5.11 Å². The third-order valence-corrected chi connectivity index (χ3v) is 3.01. The highest BCUT2D eigenvalue weighted by Crippen LogP contribution is 2.34. The number of phenolic OH excluding ortho intramolecular Hbond substituents is 1. The van der Waals surface area contributed by atoms with Crippen molar-refractivity contribution >= 4 is 0 Å². The molecule has 0 saturated carbocycles. The summed E-state index contributed by atoms with van der Waals surface area (Å²) in [6, 6.07) is 7.43. The molecular weight excluding hydrogens is 176 g/mol. The van der Waals surface area contributed by atoms with Gasteiger partial charge in [-0.3, -0.25) is 0 Å². The minimum Gasteiger partial charge on any atom is -0.508 e. The molecule has 1 aromatic carbocycles. The van der Waals surface area contributed by atoms with Crippen molar-refractivity contribution in [1.82, 2.24) is 5.32 Å². The molecule has 0 bridgehead atoms. The number of rotatable bonds is 2. The fourth-order valence-electron chi connectivity index (χ4n) is 2.20. The van der Waals surface area contributed by atoms with Gasteiger partial charge in [-0.2, -0.15) is 0 Å². The molecule has 0 aliphatic carbocycles. The summed E-state index contributed by atoms with van der Waals surface area (Å²) >= 11 is 0. The Bertz CT molecular complexity index is 319. The van der Waals surface area contributed by atoms with Crippen molar-refractivity contribution < 1.29 is 5.11 Å². The molecule has 1 aliphatic rings. The van der Waals surface area contributed by atoms with Gasteiger partial charge in [0.05, 0.1) is 5.54 Å². The molecule has 2 rings (SSSR count). The van der Waals surface area contributed by atoms with E-state index in [0.717, 1.165) is 24.9 Å². The van der Waals surface area contributed by atoms with Crippen molar-refractivity contribution in [3.8, 4) is 5.75 Å². The van der Waals surface area contributed by atoms with Crippen molar-refractivity contribution in [2.75, 3.05) is 13.1 Å². The molecule has 0 spiro atoms. The van der Waals surface area contributed by atoms with Gasteiger partial charge in [0, 0.05) is 12.1 Å². The lowest BCUT2D eigenvalue weighted by atomic mass is 9.88. The molecule has 76 valence electrons. The van der Waals surface area contributed by atoms with E-state index in [1.54, 1.807) is 6.07 Å². The largest absolute Gasteiger partial charge is 0.508 e. The lowest BCUT2D eigenvalue weighted by Gasteiger charge is -2.29. The average molecular weight is 192 g/mol. The number of hydrogen-bond acceptors (Lipinski definition) is 3. The summed E-state index contributed by atoms with van der Waals surface area (Å²) in [5.74, 6) is 0.340. The number of benzene rings is 1. The summed E-state index contributed by atoms with van der Waals surface area (Å²) in [7, 11) is 0. The predicted octanol–water partition coefficient (Wildman–Crippen LogP) is 0.930. The topological polar surface area (TPSA) is 58.3 Å². The van der Waals surface area contributed by atoms with Crippen molar-refractivity contribution in [3.05, 3.63) is 29.8 Å². The van der Waals surface area contributed by atoms with Crippen LogP contribution in [0, 0.1) is 0 Å². The van der Waals surface area contributed by atoms with Crippen molar-refractivity contribution in [1.29, 1.82) is 0 Å². The molecule has 4 N–H and O–H groups in total. The Balaban J connectivity index is 2.41. The van der Waals surface area contributed by atoms with E-state index in [2.05, 4.69) is 5.32 Å². The molecule has 1 saturated heterocycles. The molecule has 0 aromatic heterocycles. The first-order chi connectivity index (χ1) is 6.78. The molecule has 1 aliphatic heterocycles. The molecule has 3 heteroatoms. The maximum absolute atomic E-state index is 9.77. The van der Waals surface area contributed by atoms with Crippen LogP contribution in [0.15, 0.2) is 24.3 Å². The highest BCUT2D eigenvalue weighted by Gasteiger charge is 2.35. The second-order valence-corrected chi connectivity index (χ2v) is 3.83. The van der Waals surface area contributed by atoms with E-state index in [4.69, 9.17) is 5.73 Å². The van der Waals surface area contributed by atoms with Crippen molar-refractivity contribution in [2.24, 2.45) is 5.73 Å². The van der Waals surface area contributed by atoms with E-state index in [1.807, 2.05) is 18.2 Å². The normalized spacial score (nSPS) is 26.6. The van der Waals surface area contributed by atoms with E-state index in [0.29, 0.717) is 12.3 Å². The minimum absolute atomic E-state index is 0.203. The number of hydrogen-bond donors (Lipinski definition) is 3. The van der Waals surface area contributed by atoms with Crippen LogP contribution in [0.25, 0.3) is 0 Å². The molecule has 0 amide bonds. The van der Waals surface area contributed by atoms with Crippen LogP contribution in [0.1, 0.15) is 18.4 Å². The Morgan fingerprint density at radius 3 is 2.79 bits per heavy atom. The molecule has 14 heavy (non-hydrogen) atoms. The Morgan fingerprint density at radius 2 is 2.21 bits per heavy atom. The van der Waals surface area contributed by atoms with Crippen LogP contribution in [0.5, 0.6) is 5.75 Å². The van der Waals surface area contributed by atoms with Gasteiger partial charge in [0.25, 0.3) is 0 Å². The summed E-state index contributed by atoms with van der Waals surface area (Å²) in [5, 5.41) is 13.2. The van der Waals surface area contributed by atoms with Gasteiger partial charge in [0.15, 0.2) is 0 Å². The minimum atomic E-state index is -0.203. The summed E-state index contributed by atoms with van der Waals surface area (Å²) < 4.78 is 0. The van der Waals surface area contributed by atoms with Crippen LogP contribution in [0.4, 0.5) is 0 Å². The summed E-state index contributed by atoms with van der Waals surface area (Å²) in [6.45, 7) is 1.51. The van der Waals surface area contributed by atoms with Gasteiger partial charge in [0.1, 0.15) is 5.75 Å². The summed E-state index contributed by atoms with van der Waals surface area (Å²) in [4.78, 5) is 0. The number of aromatic hydroxyl groups is 1. The Hall–Kier alpha value is -1.06. The van der Waals surface area contributed by atoms with Gasteiger partial charge >= 0.3 is 0 Å². The Kier molecular flexibility index (Phi) is 2.44. The van der Waals surface area contributed by atoms with Gasteiger partial charge in [-0.1, -0.05) is 18.2 Å². The zero-order chi connectivity index (χ0) is 10.0. The quantitative estimate of drug-likeness (QED) is 0.653. The van der Waals surface area contributed by atoms with Crippen LogP contribution in [-0.2, 0) is 5.54 Å². The van der Waals surface area contributed by atoms with Gasteiger partial charge < -0.3 is 16.2 Å². The summed E-state index contributed by atoms with van der Waals surface area (Å²) in [5.41, 5.74) is 6.52. The molecule has 1 aromatic rings. The second kappa shape index (κ2) is 3.59. The smallest absolute Gasteiger partial charge is 0.120 e. The van der Waals surface area contributed by atoms with Crippen molar-refractivity contribution in [2.45, 2.75) is 18.4 Å². The zero-order valence-electron chi connectivity index (χ0n) is 8.16. The van der Waals surface area contributed by atoms with Crippen LogP contribution < -0.4 is 11.1 Å². The second-order valence-electron chi connectivity index (χ2n) is 3.83. The molecule has 1 atom stereocenters. The molecule has 1 fully saturated rings. The predicted molar refractivity (Wildman–Crippen MR) is 56.1 cm³/mol. The molecule has 0 radical (unpaired) electrons. The molecule has 3 nitrogen and oxygen atoms in total. The third kappa shape index (κ3) is 1.38. The highest BCUT2D eigenvalue weighted by atomic mass is 16.3. The van der Waals surface area contributed by atoms with Crippen LogP contribution >= 0.6 is 0 Å². The van der Waals surface area contributed by atoms with Crippen LogP contribution in [-0.4, -0.2) is 18.2 Å². The van der Waals surface area contributed by atoms with Crippen LogP contribution in [0.3, 0.4) is 0 Å².